The van der Waals surface area contributed by atoms with E-state index in [0.717, 1.165) is 5.56 Å². The molecule has 1 heterocycles. The molecule has 0 spiro atoms. The van der Waals surface area contributed by atoms with Crippen LogP contribution in [0.3, 0.4) is 0 Å². The van der Waals surface area contributed by atoms with Crippen LogP contribution >= 0.6 is 11.6 Å². The normalized spacial score (nSPS) is 15.1. The number of halogens is 1. The van der Waals surface area contributed by atoms with E-state index in [2.05, 4.69) is 15.6 Å². The molecule has 0 bridgehead atoms. The zero-order valence-electron chi connectivity index (χ0n) is 18.2. The number of anilines is 1. The lowest BCUT2D eigenvalue weighted by molar-refractivity contribution is -0.137. The molecule has 32 heavy (non-hydrogen) atoms. The van der Waals surface area contributed by atoms with Crippen LogP contribution in [0.5, 0.6) is 11.5 Å². The van der Waals surface area contributed by atoms with Crippen molar-refractivity contribution in [3.05, 3.63) is 53.1 Å². The number of hydrogen-bond acceptors (Lipinski definition) is 6. The summed E-state index contributed by atoms with van der Waals surface area (Å²) in [7, 11) is 1.53. The second-order valence-electron chi connectivity index (χ2n) is 7.90. The predicted octanol–water partition coefficient (Wildman–Crippen LogP) is 3.75. The highest BCUT2D eigenvalue weighted by atomic mass is 35.5. The molecule has 1 aliphatic heterocycles. The van der Waals surface area contributed by atoms with Gasteiger partial charge in [0.25, 0.3) is 0 Å². The fraction of sp³-hybridized carbons (Fsp3) is 0.348. The maximum Gasteiger partial charge on any atom is 0.313 e. The van der Waals surface area contributed by atoms with Crippen LogP contribution in [0.4, 0.5) is 5.69 Å². The summed E-state index contributed by atoms with van der Waals surface area (Å²) < 4.78 is 16.5. The predicted molar refractivity (Wildman–Crippen MR) is 123 cm³/mol. The number of nitrogens with zero attached hydrogens (tertiary/aromatic N) is 1. The van der Waals surface area contributed by atoms with Crippen LogP contribution in [-0.2, 0) is 14.3 Å². The van der Waals surface area contributed by atoms with Gasteiger partial charge in [0.15, 0.2) is 6.40 Å². The first kappa shape index (κ1) is 23.4. The van der Waals surface area contributed by atoms with E-state index in [-0.39, 0.29) is 6.10 Å². The van der Waals surface area contributed by atoms with Crippen molar-refractivity contribution in [2.24, 2.45) is 4.99 Å². The average Bonchev–Trinajstić information content (AvgIpc) is 3.28. The number of carbonyl (C=O) groups is 2. The van der Waals surface area contributed by atoms with Gasteiger partial charge in [-0.3, -0.25) is 14.6 Å². The van der Waals surface area contributed by atoms with Gasteiger partial charge in [0.1, 0.15) is 17.6 Å². The van der Waals surface area contributed by atoms with Gasteiger partial charge in [-0.05, 0) is 44.2 Å². The molecule has 8 nitrogen and oxygen atoms in total. The molecule has 2 N–H and O–H groups in total. The second kappa shape index (κ2) is 10.4. The minimum atomic E-state index is -0.774. The summed E-state index contributed by atoms with van der Waals surface area (Å²) in [5, 5.41) is 5.91. The first-order chi connectivity index (χ1) is 15.3. The molecule has 0 radical (unpaired) electrons. The molecule has 170 valence electrons. The second-order valence-corrected chi connectivity index (χ2v) is 8.34. The van der Waals surface area contributed by atoms with Crippen molar-refractivity contribution < 1.29 is 23.8 Å². The highest BCUT2D eigenvalue weighted by Gasteiger charge is 2.25. The highest BCUT2D eigenvalue weighted by Crippen LogP contribution is 2.32. The van der Waals surface area contributed by atoms with Gasteiger partial charge in [-0.15, -0.1) is 0 Å². The van der Waals surface area contributed by atoms with Crippen LogP contribution in [0, 0.1) is 0 Å². The molecule has 9 heteroatoms. The summed E-state index contributed by atoms with van der Waals surface area (Å²) in [5.74, 6) is -0.334. The van der Waals surface area contributed by atoms with E-state index in [1.165, 1.54) is 13.5 Å². The average molecular weight is 460 g/mol. The van der Waals surface area contributed by atoms with Crippen LogP contribution in [0.2, 0.25) is 5.02 Å². The number of ether oxygens (including phenoxy) is 3. The van der Waals surface area contributed by atoms with Gasteiger partial charge in [-0.1, -0.05) is 17.7 Å². The van der Waals surface area contributed by atoms with Gasteiger partial charge in [0, 0.05) is 34.3 Å². The van der Waals surface area contributed by atoms with Gasteiger partial charge >= 0.3 is 11.8 Å². The summed E-state index contributed by atoms with van der Waals surface area (Å²) in [6, 6.07) is 12.2. The van der Waals surface area contributed by atoms with Gasteiger partial charge in [0.05, 0.1) is 20.3 Å². The van der Waals surface area contributed by atoms with Crippen molar-refractivity contribution in [1.29, 1.82) is 0 Å². The Kier molecular flexibility index (Phi) is 7.58. The van der Waals surface area contributed by atoms with Crippen LogP contribution in [0.15, 0.2) is 47.5 Å². The number of aliphatic imine (C=N–C) groups is 1. The number of amides is 2. The van der Waals surface area contributed by atoms with E-state index in [9.17, 15) is 9.59 Å². The molecule has 3 rings (SSSR count). The van der Waals surface area contributed by atoms with Crippen molar-refractivity contribution in [3.8, 4) is 11.5 Å². The third-order valence-electron chi connectivity index (χ3n) is 4.86. The number of nitrogens with one attached hydrogen (secondary N) is 2. The van der Waals surface area contributed by atoms with Gasteiger partial charge in [0.2, 0.25) is 0 Å². The molecule has 2 aromatic rings. The Balaban J connectivity index is 1.52. The maximum atomic E-state index is 12.4. The standard InChI is InChI=1S/C23H26ClN3O5/c1-23(2,9-10-31-17-6-4-5-15(24)11-17)27-22(29)21(28)26-16-7-8-18(19(12-16)30-3)20-13-25-14-32-20/h4-8,11-12,14,20H,9-10,13H2,1-3H3,(H,26,28)(H,27,29). The summed E-state index contributed by atoms with van der Waals surface area (Å²) in [6.45, 7) is 4.49. The van der Waals surface area contributed by atoms with Crippen LogP contribution < -0.4 is 20.1 Å². The molecule has 1 atom stereocenters. The molecular weight excluding hydrogens is 434 g/mol. The first-order valence-electron chi connectivity index (χ1n) is 10.1. The summed E-state index contributed by atoms with van der Waals surface area (Å²) in [4.78, 5) is 28.9. The number of carbonyl (C=O) groups excluding carboxylic acids is 2. The fourth-order valence-electron chi connectivity index (χ4n) is 3.12. The van der Waals surface area contributed by atoms with E-state index in [4.69, 9.17) is 25.8 Å². The van der Waals surface area contributed by atoms with Crippen LogP contribution in [0.1, 0.15) is 31.9 Å². The lowest BCUT2D eigenvalue weighted by atomic mass is 10.0. The third-order valence-corrected chi connectivity index (χ3v) is 5.09. The molecule has 1 unspecified atom stereocenters. The molecule has 0 aromatic heterocycles. The zero-order valence-corrected chi connectivity index (χ0v) is 18.9. The number of methoxy groups -OCH3 is 1. The lowest BCUT2D eigenvalue weighted by Gasteiger charge is -2.26. The fourth-order valence-corrected chi connectivity index (χ4v) is 3.30. The quantitative estimate of drug-likeness (QED) is 0.586. The molecular formula is C23H26ClN3O5. The van der Waals surface area contributed by atoms with E-state index in [0.29, 0.717) is 41.8 Å². The van der Waals surface area contributed by atoms with Gasteiger partial charge in [-0.2, -0.15) is 0 Å². The van der Waals surface area contributed by atoms with Crippen LogP contribution in [-0.4, -0.2) is 44.0 Å². The van der Waals surface area contributed by atoms with E-state index in [1.54, 1.807) is 42.5 Å². The Morgan fingerprint density at radius 2 is 2.03 bits per heavy atom. The summed E-state index contributed by atoms with van der Waals surface area (Å²) >= 11 is 5.94. The summed E-state index contributed by atoms with van der Waals surface area (Å²) in [5.41, 5.74) is 0.592. The van der Waals surface area contributed by atoms with Crippen LogP contribution in [0.25, 0.3) is 0 Å². The van der Waals surface area contributed by atoms with Crippen molar-refractivity contribution in [3.63, 3.8) is 0 Å². The van der Waals surface area contributed by atoms with E-state index >= 15 is 0 Å². The van der Waals surface area contributed by atoms with Crippen molar-refractivity contribution in [1.82, 2.24) is 5.32 Å². The Hall–Kier alpha value is -3.26. The van der Waals surface area contributed by atoms with E-state index in [1.807, 2.05) is 13.8 Å². The topological polar surface area (TPSA) is 98.2 Å². The largest absolute Gasteiger partial charge is 0.496 e. The summed E-state index contributed by atoms with van der Waals surface area (Å²) in [6.07, 6.45) is 1.67. The Bertz CT molecular complexity index is 1000. The molecule has 2 aromatic carbocycles. The molecule has 0 aliphatic carbocycles. The molecule has 0 fully saturated rings. The smallest absolute Gasteiger partial charge is 0.313 e. The Morgan fingerprint density at radius 1 is 1.22 bits per heavy atom. The van der Waals surface area contributed by atoms with Crippen molar-refractivity contribution >= 4 is 35.5 Å². The minimum absolute atomic E-state index is 0.229. The zero-order chi connectivity index (χ0) is 23.1. The van der Waals surface area contributed by atoms with Crippen molar-refractivity contribution in [2.45, 2.75) is 31.9 Å². The van der Waals surface area contributed by atoms with Gasteiger partial charge in [-0.25, -0.2) is 0 Å². The minimum Gasteiger partial charge on any atom is -0.496 e. The number of hydrogen-bond donors (Lipinski definition) is 2. The lowest BCUT2D eigenvalue weighted by Crippen LogP contribution is -2.48. The monoisotopic (exact) mass is 459 g/mol. The van der Waals surface area contributed by atoms with E-state index < -0.39 is 17.4 Å². The first-order valence-corrected chi connectivity index (χ1v) is 10.5. The molecule has 0 saturated heterocycles. The van der Waals surface area contributed by atoms with Gasteiger partial charge < -0.3 is 24.8 Å². The molecule has 0 saturated carbocycles. The number of rotatable bonds is 8. The third kappa shape index (κ3) is 6.37. The SMILES string of the molecule is COc1cc(NC(=O)C(=O)NC(C)(C)CCOc2cccc(Cl)c2)ccc1C1CN=CO1. The molecule has 1 aliphatic rings. The number of benzene rings is 2. The Labute approximate surface area is 191 Å². The maximum absolute atomic E-state index is 12.4. The highest BCUT2D eigenvalue weighted by molar-refractivity contribution is 6.39. The molecule has 2 amide bonds. The Morgan fingerprint density at radius 3 is 2.72 bits per heavy atom. The van der Waals surface area contributed by atoms with Crippen molar-refractivity contribution in [2.75, 3.05) is 25.6 Å².